The van der Waals surface area contributed by atoms with Gasteiger partial charge in [0.2, 0.25) is 21.1 Å². The van der Waals surface area contributed by atoms with Gasteiger partial charge >= 0.3 is 6.18 Å². The minimum Gasteiger partial charge on any atom is -0.299 e. The number of aromatic nitrogens is 2. The highest BCUT2D eigenvalue weighted by Crippen LogP contribution is 2.38. The molecule has 2 aromatic rings. The topological polar surface area (TPSA) is 92.3 Å². The van der Waals surface area contributed by atoms with E-state index in [0.717, 1.165) is 35.5 Å². The second-order valence-corrected chi connectivity index (χ2v) is 11.5. The van der Waals surface area contributed by atoms with Crippen LogP contribution in [-0.4, -0.2) is 42.6 Å². The van der Waals surface area contributed by atoms with Crippen molar-refractivity contribution in [2.45, 2.75) is 37.3 Å². The van der Waals surface area contributed by atoms with Crippen molar-refractivity contribution in [1.29, 1.82) is 0 Å². The number of hydrogen-bond acceptors (Lipinski definition) is 7. The van der Waals surface area contributed by atoms with Crippen molar-refractivity contribution in [3.63, 3.8) is 0 Å². The third-order valence-electron chi connectivity index (χ3n) is 3.78. The van der Waals surface area contributed by atoms with E-state index in [1.807, 2.05) is 13.8 Å². The molecular weight excluding hydrogens is 497 g/mol. The Bertz CT molecular complexity index is 1040. The number of nitrogens with one attached hydrogen (secondary N) is 1. The first-order valence-electron chi connectivity index (χ1n) is 8.83. The maximum absolute atomic E-state index is 13.2. The summed E-state index contributed by atoms with van der Waals surface area (Å²) in [5.41, 5.74) is -1.55. The minimum atomic E-state index is -4.79. The SMILES string of the molecule is CC(C)CSc1nnc(NC(=O)[C@H](C)N(c2ccc(Cl)c(C(F)(F)F)c2)S(C)(=O)=O)s1. The predicted octanol–water partition coefficient (Wildman–Crippen LogP) is 4.75. The number of halogens is 4. The Hall–Kier alpha value is -1.57. The van der Waals surface area contributed by atoms with Crippen molar-refractivity contribution < 1.29 is 26.4 Å². The highest BCUT2D eigenvalue weighted by molar-refractivity contribution is 8.01. The molecule has 0 radical (unpaired) electrons. The van der Waals surface area contributed by atoms with Gasteiger partial charge in [-0.2, -0.15) is 13.2 Å². The van der Waals surface area contributed by atoms with Gasteiger partial charge in [0.15, 0.2) is 4.34 Å². The summed E-state index contributed by atoms with van der Waals surface area (Å²) in [4.78, 5) is 12.7. The van der Waals surface area contributed by atoms with Crippen LogP contribution in [-0.2, 0) is 21.0 Å². The molecule has 172 valence electrons. The summed E-state index contributed by atoms with van der Waals surface area (Å²) < 4.78 is 65.5. The summed E-state index contributed by atoms with van der Waals surface area (Å²) in [6.07, 6.45) is -4.00. The average Bonchev–Trinajstić information content (AvgIpc) is 3.06. The Kier molecular flexibility index (Phi) is 8.22. The zero-order valence-corrected chi connectivity index (χ0v) is 20.1. The van der Waals surface area contributed by atoms with Crippen molar-refractivity contribution in [3.05, 3.63) is 28.8 Å². The number of hydrogen-bond donors (Lipinski definition) is 1. The number of thioether (sulfide) groups is 1. The van der Waals surface area contributed by atoms with Gasteiger partial charge in [0.05, 0.1) is 22.5 Å². The van der Waals surface area contributed by atoms with Crippen LogP contribution in [0.5, 0.6) is 0 Å². The van der Waals surface area contributed by atoms with Crippen molar-refractivity contribution in [3.8, 4) is 0 Å². The molecule has 0 aliphatic rings. The molecule has 1 heterocycles. The fraction of sp³-hybridized carbons (Fsp3) is 0.471. The highest BCUT2D eigenvalue weighted by atomic mass is 35.5. The van der Waals surface area contributed by atoms with Gasteiger partial charge in [0.25, 0.3) is 0 Å². The van der Waals surface area contributed by atoms with Gasteiger partial charge in [0.1, 0.15) is 6.04 Å². The van der Waals surface area contributed by atoms with Crippen LogP contribution in [0.15, 0.2) is 22.5 Å². The zero-order valence-electron chi connectivity index (χ0n) is 16.9. The van der Waals surface area contributed by atoms with E-state index in [2.05, 4.69) is 15.5 Å². The molecular formula is C17H20ClF3N4O3S3. The number of carbonyl (C=O) groups is 1. The van der Waals surface area contributed by atoms with Gasteiger partial charge in [-0.05, 0) is 31.0 Å². The van der Waals surface area contributed by atoms with Gasteiger partial charge in [-0.25, -0.2) is 8.42 Å². The van der Waals surface area contributed by atoms with E-state index in [1.54, 1.807) is 0 Å². The minimum absolute atomic E-state index is 0.156. The highest BCUT2D eigenvalue weighted by Gasteiger charge is 2.36. The van der Waals surface area contributed by atoms with Crippen LogP contribution < -0.4 is 9.62 Å². The lowest BCUT2D eigenvalue weighted by Gasteiger charge is -2.28. The molecule has 0 aliphatic heterocycles. The van der Waals surface area contributed by atoms with Crippen LogP contribution in [0.2, 0.25) is 5.02 Å². The number of carbonyl (C=O) groups excluding carboxylic acids is 1. The Morgan fingerprint density at radius 3 is 2.48 bits per heavy atom. The van der Waals surface area contributed by atoms with Crippen molar-refractivity contribution in [2.24, 2.45) is 5.92 Å². The monoisotopic (exact) mass is 516 g/mol. The standard InChI is InChI=1S/C17H20ClF3N4O3S3/c1-9(2)8-29-16-24-23-15(30-16)22-14(26)10(3)25(31(4,27)28)11-5-6-13(18)12(7-11)17(19,20)21/h5-7,9-10H,8H2,1-4H3,(H,22,23,26)/t10-/m0/s1. The summed E-state index contributed by atoms with van der Waals surface area (Å²) >= 11 is 8.20. The number of nitrogens with zero attached hydrogens (tertiary/aromatic N) is 3. The van der Waals surface area contributed by atoms with Gasteiger partial charge in [-0.15, -0.1) is 10.2 Å². The number of anilines is 2. The molecule has 1 aromatic heterocycles. The third kappa shape index (κ3) is 6.96. The number of benzene rings is 1. The van der Waals surface area contributed by atoms with Crippen LogP contribution in [0.4, 0.5) is 24.0 Å². The maximum atomic E-state index is 13.2. The summed E-state index contributed by atoms with van der Waals surface area (Å²) in [7, 11) is -4.12. The first-order chi connectivity index (χ1) is 14.2. The Morgan fingerprint density at radius 1 is 1.29 bits per heavy atom. The van der Waals surface area contributed by atoms with Gasteiger partial charge in [-0.3, -0.25) is 14.4 Å². The average molecular weight is 517 g/mol. The third-order valence-corrected chi connectivity index (χ3v) is 7.75. The lowest BCUT2D eigenvalue weighted by molar-refractivity contribution is -0.137. The fourth-order valence-electron chi connectivity index (χ4n) is 2.44. The van der Waals surface area contributed by atoms with Crippen LogP contribution >= 0.6 is 34.7 Å². The zero-order chi connectivity index (χ0) is 23.6. The lowest BCUT2D eigenvalue weighted by atomic mass is 10.1. The molecule has 1 N–H and O–H groups in total. The lowest BCUT2D eigenvalue weighted by Crippen LogP contribution is -2.45. The molecule has 1 amide bonds. The molecule has 7 nitrogen and oxygen atoms in total. The summed E-state index contributed by atoms with van der Waals surface area (Å²) in [5.74, 6) is 0.459. The van der Waals surface area contributed by atoms with Crippen LogP contribution in [0, 0.1) is 5.92 Å². The van der Waals surface area contributed by atoms with Crippen molar-refractivity contribution >= 4 is 61.4 Å². The molecule has 0 aliphatic carbocycles. The first kappa shape index (κ1) is 25.7. The van der Waals surface area contributed by atoms with E-state index < -0.39 is 38.7 Å². The largest absolute Gasteiger partial charge is 0.417 e. The molecule has 0 unspecified atom stereocenters. The van der Waals surface area contributed by atoms with Gasteiger partial charge in [-0.1, -0.05) is 48.5 Å². The van der Waals surface area contributed by atoms with Crippen molar-refractivity contribution in [1.82, 2.24) is 10.2 Å². The second kappa shape index (κ2) is 9.92. The summed E-state index contributed by atoms with van der Waals surface area (Å²) in [6, 6.07) is 1.27. The van der Waals surface area contributed by atoms with Gasteiger partial charge in [0, 0.05) is 5.75 Å². The summed E-state index contributed by atoms with van der Waals surface area (Å²) in [6.45, 7) is 5.34. The smallest absolute Gasteiger partial charge is 0.299 e. The van der Waals surface area contributed by atoms with Crippen molar-refractivity contribution in [2.75, 3.05) is 21.6 Å². The quantitative estimate of drug-likeness (QED) is 0.402. The fourth-order valence-corrected chi connectivity index (χ4v) is 5.57. The molecule has 14 heteroatoms. The molecule has 31 heavy (non-hydrogen) atoms. The Balaban J connectivity index is 2.29. The number of alkyl halides is 3. The van der Waals surface area contributed by atoms with E-state index in [1.165, 1.54) is 18.7 Å². The van der Waals surface area contributed by atoms with E-state index in [4.69, 9.17) is 11.6 Å². The van der Waals surface area contributed by atoms with Gasteiger partial charge < -0.3 is 0 Å². The number of rotatable bonds is 8. The molecule has 0 saturated heterocycles. The van der Waals surface area contributed by atoms with E-state index >= 15 is 0 Å². The molecule has 0 saturated carbocycles. The molecule has 0 spiro atoms. The molecule has 0 fully saturated rings. The van der Waals surface area contributed by atoms with Crippen LogP contribution in [0.3, 0.4) is 0 Å². The van der Waals surface area contributed by atoms with E-state index in [-0.39, 0.29) is 10.8 Å². The number of amides is 1. The Labute approximate surface area is 191 Å². The van der Waals surface area contributed by atoms with Crippen LogP contribution in [0.1, 0.15) is 26.3 Å². The van der Waals surface area contributed by atoms with Crippen LogP contribution in [0.25, 0.3) is 0 Å². The predicted molar refractivity (Wildman–Crippen MR) is 117 cm³/mol. The molecule has 2 rings (SSSR count). The molecule has 1 atom stereocenters. The second-order valence-electron chi connectivity index (χ2n) is 6.96. The normalized spacial score (nSPS) is 13.3. The summed E-state index contributed by atoms with van der Waals surface area (Å²) in [5, 5.41) is 9.84. The maximum Gasteiger partial charge on any atom is 0.417 e. The number of sulfonamides is 1. The van der Waals surface area contributed by atoms with E-state index in [0.29, 0.717) is 20.6 Å². The Morgan fingerprint density at radius 2 is 1.94 bits per heavy atom. The van der Waals surface area contributed by atoms with E-state index in [9.17, 15) is 26.4 Å². The first-order valence-corrected chi connectivity index (χ1v) is 12.9. The molecule has 1 aromatic carbocycles. The molecule has 0 bridgehead atoms.